The topological polar surface area (TPSA) is 98.7 Å². The van der Waals surface area contributed by atoms with Crippen molar-refractivity contribution in [3.8, 4) is 0 Å². The Morgan fingerprint density at radius 1 is 1.42 bits per heavy atom. The zero-order valence-electron chi connectivity index (χ0n) is 11.3. The van der Waals surface area contributed by atoms with Crippen molar-refractivity contribution in [2.45, 2.75) is 49.5 Å². The number of hydrogen-bond acceptors (Lipinski definition) is 4. The summed E-state index contributed by atoms with van der Waals surface area (Å²) in [7, 11) is 0. The third-order valence-corrected chi connectivity index (χ3v) is 4.31. The summed E-state index contributed by atoms with van der Waals surface area (Å²) in [4.78, 5) is 22.2. The van der Waals surface area contributed by atoms with Crippen LogP contribution in [0.5, 0.6) is 0 Å². The molecule has 0 aromatic carbocycles. The number of carbonyl (C=O) groups excluding carboxylic acids is 1. The number of carbonyl (C=O) groups is 2. The molecule has 3 unspecified atom stereocenters. The number of aliphatic carboxylic acids is 1. The van der Waals surface area contributed by atoms with Gasteiger partial charge in [0.05, 0.1) is 12.0 Å². The van der Waals surface area contributed by atoms with Crippen LogP contribution in [-0.2, 0) is 4.79 Å². The van der Waals surface area contributed by atoms with Crippen LogP contribution in [0.1, 0.15) is 32.6 Å². The minimum absolute atomic E-state index is 0.0796. The molecule has 2 amide bonds. The molecule has 110 valence electrons. The van der Waals surface area contributed by atoms with Crippen molar-refractivity contribution in [3.05, 3.63) is 0 Å². The fraction of sp³-hybridized carbons (Fsp3) is 0.833. The van der Waals surface area contributed by atoms with Gasteiger partial charge in [0.15, 0.2) is 0 Å². The highest BCUT2D eigenvalue weighted by molar-refractivity contribution is 7.99. The van der Waals surface area contributed by atoms with Crippen LogP contribution >= 0.6 is 11.8 Å². The minimum atomic E-state index is -1.43. The zero-order valence-corrected chi connectivity index (χ0v) is 12.1. The fourth-order valence-electron chi connectivity index (χ4n) is 2.18. The molecule has 0 bridgehead atoms. The molecule has 1 aliphatic carbocycles. The second kappa shape index (κ2) is 7.00. The van der Waals surface area contributed by atoms with E-state index in [9.17, 15) is 14.7 Å². The smallest absolute Gasteiger partial charge is 0.315 e. The molecule has 6 nitrogen and oxygen atoms in total. The average molecular weight is 290 g/mol. The molecule has 1 saturated carbocycles. The molecule has 0 radical (unpaired) electrons. The number of hydrogen-bond donors (Lipinski definition) is 4. The van der Waals surface area contributed by atoms with Gasteiger partial charge in [0.2, 0.25) is 0 Å². The van der Waals surface area contributed by atoms with Crippen molar-refractivity contribution in [2.24, 2.45) is 0 Å². The van der Waals surface area contributed by atoms with E-state index in [1.165, 1.54) is 6.92 Å². The van der Waals surface area contributed by atoms with Gasteiger partial charge >= 0.3 is 12.0 Å². The maximum Gasteiger partial charge on any atom is 0.315 e. The van der Waals surface area contributed by atoms with Gasteiger partial charge in [0.25, 0.3) is 0 Å². The van der Waals surface area contributed by atoms with Gasteiger partial charge in [-0.05, 0) is 32.4 Å². The van der Waals surface area contributed by atoms with Crippen LogP contribution < -0.4 is 10.6 Å². The van der Waals surface area contributed by atoms with Crippen LogP contribution in [0.25, 0.3) is 0 Å². The van der Waals surface area contributed by atoms with E-state index in [4.69, 9.17) is 5.11 Å². The maximum absolute atomic E-state index is 11.6. The third kappa shape index (κ3) is 6.15. The molecule has 19 heavy (non-hydrogen) atoms. The van der Waals surface area contributed by atoms with Gasteiger partial charge in [-0.1, -0.05) is 0 Å². The Labute approximate surface area is 117 Å². The number of thioether (sulfide) groups is 1. The lowest BCUT2D eigenvalue weighted by Crippen LogP contribution is -2.48. The van der Waals surface area contributed by atoms with Crippen LogP contribution in [0.4, 0.5) is 4.79 Å². The Morgan fingerprint density at radius 3 is 2.63 bits per heavy atom. The number of nitrogens with one attached hydrogen (secondary N) is 2. The predicted octanol–water partition coefficient (Wildman–Crippen LogP) is 0.795. The first kappa shape index (κ1) is 16.1. The fourth-order valence-corrected chi connectivity index (χ4v) is 2.98. The zero-order chi connectivity index (χ0) is 14.5. The summed E-state index contributed by atoms with van der Waals surface area (Å²) in [6.45, 7) is 1.31. The van der Waals surface area contributed by atoms with Gasteiger partial charge in [-0.3, -0.25) is 4.79 Å². The molecule has 4 N–H and O–H groups in total. The second-order valence-electron chi connectivity index (χ2n) is 5.26. The quantitative estimate of drug-likeness (QED) is 0.580. The van der Waals surface area contributed by atoms with E-state index in [1.54, 1.807) is 0 Å². The van der Waals surface area contributed by atoms with Crippen molar-refractivity contribution in [1.29, 1.82) is 0 Å². The van der Waals surface area contributed by atoms with E-state index in [0.717, 1.165) is 19.3 Å². The van der Waals surface area contributed by atoms with Gasteiger partial charge in [-0.2, -0.15) is 11.8 Å². The first-order valence-corrected chi connectivity index (χ1v) is 7.62. The normalized spacial score (nSPS) is 25.6. The lowest BCUT2D eigenvalue weighted by Gasteiger charge is -2.22. The van der Waals surface area contributed by atoms with Crippen molar-refractivity contribution in [2.75, 3.05) is 12.8 Å². The number of carboxylic acid groups (broad SMARTS) is 1. The van der Waals surface area contributed by atoms with Crippen LogP contribution in [-0.4, -0.2) is 51.9 Å². The Kier molecular flexibility index (Phi) is 5.93. The number of carboxylic acids is 1. The second-order valence-corrected chi connectivity index (χ2v) is 6.40. The first-order valence-electron chi connectivity index (χ1n) is 6.34. The van der Waals surface area contributed by atoms with E-state index in [2.05, 4.69) is 16.9 Å². The number of aliphatic hydroxyl groups is 1. The lowest BCUT2D eigenvalue weighted by atomic mass is 10.0. The van der Waals surface area contributed by atoms with Crippen molar-refractivity contribution in [1.82, 2.24) is 10.6 Å². The summed E-state index contributed by atoms with van der Waals surface area (Å²) in [6, 6.07) is -0.181. The molecule has 3 atom stereocenters. The number of urea groups is 1. The average Bonchev–Trinajstić information content (AvgIpc) is 2.72. The van der Waals surface area contributed by atoms with E-state index < -0.39 is 18.0 Å². The van der Waals surface area contributed by atoms with Crippen molar-refractivity contribution >= 4 is 23.8 Å². The van der Waals surface area contributed by atoms with Gasteiger partial charge in [-0.25, -0.2) is 4.79 Å². The predicted molar refractivity (Wildman–Crippen MR) is 74.4 cm³/mol. The standard InChI is InChI=1S/C12H22N2O4S/c1-12(18,6-10(15)16)7-13-11(17)14-8-3-4-9(5-8)19-2/h8-9,18H,3-7H2,1-2H3,(H,15,16)(H2,13,14,17). The summed E-state index contributed by atoms with van der Waals surface area (Å²) >= 11 is 1.81. The largest absolute Gasteiger partial charge is 0.481 e. The monoisotopic (exact) mass is 290 g/mol. The minimum Gasteiger partial charge on any atom is -0.481 e. The first-order chi connectivity index (χ1) is 8.82. The Morgan fingerprint density at radius 2 is 2.11 bits per heavy atom. The lowest BCUT2D eigenvalue weighted by molar-refractivity contribution is -0.141. The molecular weight excluding hydrogens is 268 g/mol. The van der Waals surface area contributed by atoms with Crippen LogP contribution in [0.15, 0.2) is 0 Å². The van der Waals surface area contributed by atoms with Gasteiger partial charge in [0.1, 0.15) is 0 Å². The van der Waals surface area contributed by atoms with Crippen LogP contribution in [0, 0.1) is 0 Å². The summed E-state index contributed by atoms with van der Waals surface area (Å²) in [5.74, 6) is -1.09. The number of rotatable bonds is 6. The molecule has 0 aromatic rings. The highest BCUT2D eigenvalue weighted by atomic mass is 32.2. The summed E-state index contributed by atoms with van der Waals surface area (Å²) < 4.78 is 0. The van der Waals surface area contributed by atoms with E-state index in [-0.39, 0.29) is 18.6 Å². The SMILES string of the molecule is CSC1CCC(NC(=O)NCC(C)(O)CC(=O)O)C1. The highest BCUT2D eigenvalue weighted by Crippen LogP contribution is 2.27. The van der Waals surface area contributed by atoms with Gasteiger partial charge < -0.3 is 20.8 Å². The molecule has 1 fully saturated rings. The number of amides is 2. The molecule has 0 aromatic heterocycles. The molecule has 0 aliphatic heterocycles. The summed E-state index contributed by atoms with van der Waals surface area (Å²) in [6.07, 6.45) is 4.69. The van der Waals surface area contributed by atoms with E-state index in [0.29, 0.717) is 5.25 Å². The summed E-state index contributed by atoms with van der Waals surface area (Å²) in [5, 5.41) is 24.3. The molecule has 7 heteroatoms. The molecule has 0 spiro atoms. The molecule has 1 rings (SSSR count). The van der Waals surface area contributed by atoms with Crippen LogP contribution in [0.3, 0.4) is 0 Å². The highest BCUT2D eigenvalue weighted by Gasteiger charge is 2.27. The van der Waals surface area contributed by atoms with Gasteiger partial charge in [0, 0.05) is 17.8 Å². The van der Waals surface area contributed by atoms with E-state index >= 15 is 0 Å². The Balaban J connectivity index is 2.26. The van der Waals surface area contributed by atoms with Crippen molar-refractivity contribution < 1.29 is 19.8 Å². The summed E-state index contributed by atoms with van der Waals surface area (Å²) in [5.41, 5.74) is -1.43. The van der Waals surface area contributed by atoms with Crippen molar-refractivity contribution in [3.63, 3.8) is 0 Å². The Bertz CT molecular complexity index is 336. The molecule has 1 aliphatic rings. The van der Waals surface area contributed by atoms with E-state index in [1.807, 2.05) is 11.8 Å². The molecule has 0 heterocycles. The molecular formula is C12H22N2O4S. The Hall–Kier alpha value is -0.950. The molecule has 0 saturated heterocycles. The van der Waals surface area contributed by atoms with Crippen LogP contribution in [0.2, 0.25) is 0 Å². The maximum atomic E-state index is 11.6. The third-order valence-electron chi connectivity index (χ3n) is 3.21. The van der Waals surface area contributed by atoms with Gasteiger partial charge in [-0.15, -0.1) is 0 Å².